The summed E-state index contributed by atoms with van der Waals surface area (Å²) in [5, 5.41) is 0. The average molecular weight is 1160 g/mol. The zero-order chi connectivity index (χ0) is 59.1. The highest BCUT2D eigenvalue weighted by Crippen LogP contribution is 2.64. The van der Waals surface area contributed by atoms with Crippen LogP contribution in [-0.4, -0.2) is 36.6 Å². The molecule has 0 amide bonds. The summed E-state index contributed by atoms with van der Waals surface area (Å²) in [6.07, 6.45) is 24.3. The molecule has 2 saturated heterocycles. The number of unbranched alkanes of at least 4 members (excludes halogenated alkanes) is 12. The lowest BCUT2D eigenvalue weighted by Crippen LogP contribution is -2.41. The third-order valence-corrected chi connectivity index (χ3v) is 22.9. The second-order valence-electron chi connectivity index (χ2n) is 27.4. The number of hydrogen-bond donors (Lipinski definition) is 0. The Balaban J connectivity index is 1.18. The Morgan fingerprint density at radius 1 is 0.310 bits per heavy atom. The molecule has 0 radical (unpaired) electrons. The number of thiophene rings is 2. The van der Waals surface area contributed by atoms with E-state index in [0.717, 1.165) is 35.2 Å². The Bertz CT molecular complexity index is 2990. The highest BCUT2D eigenvalue weighted by molar-refractivity contribution is 7.26. The topological polar surface area (TPSA) is 36.9 Å². The first kappa shape index (κ1) is 61.1. The average Bonchev–Trinajstić information content (AvgIpc) is 1.52. The Kier molecular flexibility index (Phi) is 18.1. The van der Waals surface area contributed by atoms with Gasteiger partial charge in [-0.2, -0.15) is 0 Å². The molecule has 7 aromatic rings. The van der Waals surface area contributed by atoms with E-state index in [-0.39, 0.29) is 0 Å². The molecule has 8 heteroatoms. The molecule has 0 atom stereocenters. The number of aryl methyl sites for hydroxylation is 4. The lowest BCUT2D eigenvalue weighted by molar-refractivity contribution is 0.00578. The van der Waals surface area contributed by atoms with Gasteiger partial charge in [-0.3, -0.25) is 0 Å². The highest BCUT2D eigenvalue weighted by atomic mass is 32.1. The molecule has 0 N–H and O–H groups in total. The van der Waals surface area contributed by atoms with Crippen LogP contribution in [0, 0.1) is 0 Å². The molecule has 84 heavy (non-hydrogen) atoms. The molecular weight excluding hydrogens is 1060 g/mol. The Hall–Kier alpha value is -4.53. The summed E-state index contributed by atoms with van der Waals surface area (Å²) >= 11 is 3.76. The van der Waals surface area contributed by atoms with Crippen molar-refractivity contribution in [3.05, 3.63) is 188 Å². The molecule has 4 aliphatic rings. The van der Waals surface area contributed by atoms with Crippen molar-refractivity contribution in [2.45, 2.75) is 245 Å². The minimum Gasteiger partial charge on any atom is -0.399 e. The van der Waals surface area contributed by atoms with Gasteiger partial charge >= 0.3 is 14.2 Å². The van der Waals surface area contributed by atoms with Gasteiger partial charge in [-0.1, -0.05) is 202 Å². The van der Waals surface area contributed by atoms with Crippen LogP contribution in [0.15, 0.2) is 121 Å². The highest BCUT2D eigenvalue weighted by Gasteiger charge is 2.58. The molecule has 0 spiro atoms. The minimum atomic E-state index is -0.643. The number of rotatable bonds is 26. The quantitative estimate of drug-likeness (QED) is 0.0400. The minimum absolute atomic E-state index is 0.478. The van der Waals surface area contributed by atoms with Crippen molar-refractivity contribution in [2.75, 3.05) is 0 Å². The van der Waals surface area contributed by atoms with Gasteiger partial charge in [-0.15, -0.1) is 22.7 Å². The second kappa shape index (κ2) is 24.9. The van der Waals surface area contributed by atoms with Crippen molar-refractivity contribution in [3.8, 4) is 20.9 Å². The first-order chi connectivity index (χ1) is 40.4. The molecule has 0 bridgehead atoms. The normalized spacial score (nSPS) is 18.1. The monoisotopic (exact) mass is 1160 g/mol. The van der Waals surface area contributed by atoms with Crippen LogP contribution >= 0.6 is 22.7 Å². The van der Waals surface area contributed by atoms with Crippen LogP contribution in [0.5, 0.6) is 0 Å². The van der Waals surface area contributed by atoms with Gasteiger partial charge in [0.25, 0.3) is 0 Å². The molecule has 2 aliphatic carbocycles. The second-order valence-corrected chi connectivity index (χ2v) is 29.6. The van der Waals surface area contributed by atoms with Crippen molar-refractivity contribution in [1.82, 2.24) is 0 Å². The first-order valence-corrected chi connectivity index (χ1v) is 34.6. The van der Waals surface area contributed by atoms with Gasteiger partial charge in [0.15, 0.2) is 0 Å². The maximum Gasteiger partial charge on any atom is 0.505 e. The van der Waals surface area contributed by atoms with Gasteiger partial charge in [-0.25, -0.2) is 0 Å². The van der Waals surface area contributed by atoms with Gasteiger partial charge in [0.1, 0.15) is 0 Å². The third-order valence-electron chi connectivity index (χ3n) is 20.6. The third kappa shape index (κ3) is 11.2. The summed E-state index contributed by atoms with van der Waals surface area (Å²) in [5.74, 6) is 0. The van der Waals surface area contributed by atoms with Crippen LogP contribution in [0.4, 0.5) is 0 Å². The fourth-order valence-corrected chi connectivity index (χ4v) is 16.5. The number of benzene rings is 5. The Morgan fingerprint density at radius 3 is 0.798 bits per heavy atom. The largest absolute Gasteiger partial charge is 0.505 e. The van der Waals surface area contributed by atoms with Gasteiger partial charge in [0.05, 0.1) is 33.2 Å². The molecule has 5 aromatic carbocycles. The van der Waals surface area contributed by atoms with E-state index < -0.39 is 47.5 Å². The summed E-state index contributed by atoms with van der Waals surface area (Å²) in [5.41, 5.74) is 15.5. The molecule has 2 fully saturated rings. The molecular formula is C76H96B2O4S2. The van der Waals surface area contributed by atoms with Gasteiger partial charge < -0.3 is 18.6 Å². The smallest absolute Gasteiger partial charge is 0.399 e. The lowest BCUT2D eigenvalue weighted by Gasteiger charge is -2.36. The molecule has 4 heterocycles. The summed E-state index contributed by atoms with van der Waals surface area (Å²) in [6.45, 7) is 26.6. The molecule has 11 rings (SSSR count). The van der Waals surface area contributed by atoms with Crippen molar-refractivity contribution in [2.24, 2.45) is 0 Å². The maximum absolute atomic E-state index is 6.99. The Morgan fingerprint density at radius 2 is 0.560 bits per heavy atom. The molecule has 2 aromatic heterocycles. The predicted molar refractivity (Wildman–Crippen MR) is 360 cm³/mol. The van der Waals surface area contributed by atoms with E-state index >= 15 is 0 Å². The van der Waals surface area contributed by atoms with E-state index in [1.54, 1.807) is 0 Å². The maximum atomic E-state index is 6.99. The van der Waals surface area contributed by atoms with Crippen LogP contribution < -0.4 is 9.55 Å². The summed E-state index contributed by atoms with van der Waals surface area (Å²) in [4.78, 5) is 2.61. The van der Waals surface area contributed by atoms with Crippen molar-refractivity contribution in [1.29, 1.82) is 0 Å². The van der Waals surface area contributed by atoms with Gasteiger partial charge in [0.2, 0.25) is 0 Å². The predicted octanol–water partition coefficient (Wildman–Crippen LogP) is 19.6. The van der Waals surface area contributed by atoms with E-state index in [1.807, 2.05) is 22.7 Å². The standard InChI is InChI=1S/C76H96B2O4S2/c1-13-17-21-25-29-53-33-41-57(42-34-53)75(58-43-35-54(36-44-58)30-26-22-18-14-2)63-49-62-64(50-61(63)69-65(75)51-67(83-69)77-79-71(5,6)72(7,8)80-77)76(59-45-37-55(38-46-59)31-27-23-19-15-3,60-47-39-56(40-48-60)32-28-24-20-16-4)66-52-68(84-70(62)66)78-81-73(9,10)74(11,12)82-78/h33-52H,13-32H2,1-12H3. The number of fused-ring (bicyclic) bond motifs is 6. The van der Waals surface area contributed by atoms with E-state index in [2.05, 4.69) is 204 Å². The van der Waals surface area contributed by atoms with Crippen LogP contribution in [0.25, 0.3) is 20.9 Å². The van der Waals surface area contributed by atoms with Crippen molar-refractivity contribution in [3.63, 3.8) is 0 Å². The Labute approximate surface area is 515 Å². The molecule has 0 saturated carbocycles. The van der Waals surface area contributed by atoms with E-state index in [0.29, 0.717) is 0 Å². The van der Waals surface area contributed by atoms with Crippen LogP contribution in [-0.2, 0) is 55.1 Å². The summed E-state index contributed by atoms with van der Waals surface area (Å²) in [6, 6.07) is 49.7. The fourth-order valence-electron chi connectivity index (χ4n) is 14.1. The zero-order valence-corrected chi connectivity index (χ0v) is 54.9. The van der Waals surface area contributed by atoms with E-state index in [4.69, 9.17) is 18.6 Å². The van der Waals surface area contributed by atoms with Gasteiger partial charge in [0, 0.05) is 19.3 Å². The van der Waals surface area contributed by atoms with Crippen LogP contribution in [0.1, 0.15) is 253 Å². The number of hydrogen-bond acceptors (Lipinski definition) is 6. The van der Waals surface area contributed by atoms with Crippen molar-refractivity contribution >= 4 is 46.5 Å². The van der Waals surface area contributed by atoms with Gasteiger partial charge in [-0.05, 0) is 209 Å². The SMILES string of the molecule is CCCCCCc1ccc(C2(c3ccc(CCCCCC)cc3)c3cc4c(cc3-c3sc(B5OC(C)(C)C(C)(C)O5)cc32)C(c2ccc(CCCCCC)cc2)(c2ccc(CCCCCC)cc2)c2cc(B3OC(C)(C)C(C)(C)O3)sc2-4)cc1. The van der Waals surface area contributed by atoms with E-state index in [9.17, 15) is 0 Å². The van der Waals surface area contributed by atoms with Crippen LogP contribution in [0.3, 0.4) is 0 Å². The molecule has 0 unspecified atom stereocenters. The van der Waals surface area contributed by atoms with Crippen molar-refractivity contribution < 1.29 is 18.6 Å². The molecule has 2 aliphatic heterocycles. The zero-order valence-electron chi connectivity index (χ0n) is 53.3. The molecule has 442 valence electrons. The lowest BCUT2D eigenvalue weighted by atomic mass is 9.65. The summed E-state index contributed by atoms with van der Waals surface area (Å²) in [7, 11) is -0.977. The fraction of sp³-hybridized carbons (Fsp3) is 0.500. The van der Waals surface area contributed by atoms with E-state index in [1.165, 1.54) is 190 Å². The molecule has 4 nitrogen and oxygen atoms in total. The summed E-state index contributed by atoms with van der Waals surface area (Å²) < 4.78 is 30.2. The van der Waals surface area contributed by atoms with Crippen LogP contribution in [0.2, 0.25) is 0 Å². The first-order valence-electron chi connectivity index (χ1n) is 33.0.